The quantitative estimate of drug-likeness (QED) is 0.619. The average Bonchev–Trinajstić information content (AvgIpc) is 2.98. The van der Waals surface area contributed by atoms with Gasteiger partial charge >= 0.3 is 0 Å². The second-order valence-electron chi connectivity index (χ2n) is 5.37. The van der Waals surface area contributed by atoms with Crippen LogP contribution >= 0.6 is 0 Å². The Morgan fingerprint density at radius 2 is 1.83 bits per heavy atom. The largest absolute Gasteiger partial charge is 0.493 e. The third-order valence-electron chi connectivity index (χ3n) is 3.83. The Kier molecular flexibility index (Phi) is 4.97. The molecule has 0 aliphatic carbocycles. The van der Waals surface area contributed by atoms with Crippen LogP contribution in [0.2, 0.25) is 0 Å². The van der Waals surface area contributed by atoms with Crippen LogP contribution in [0.15, 0.2) is 48.5 Å². The Labute approximate surface area is 141 Å². The van der Waals surface area contributed by atoms with Crippen molar-refractivity contribution < 1.29 is 9.47 Å². The van der Waals surface area contributed by atoms with Gasteiger partial charge in [0.25, 0.3) is 0 Å². The molecule has 0 N–H and O–H groups in total. The summed E-state index contributed by atoms with van der Waals surface area (Å²) in [7, 11) is 1.62. The number of ether oxygens (including phenoxy) is 2. The van der Waals surface area contributed by atoms with E-state index in [1.807, 2.05) is 48.5 Å². The van der Waals surface area contributed by atoms with Crippen molar-refractivity contribution in [3.8, 4) is 17.6 Å². The van der Waals surface area contributed by atoms with Crippen LogP contribution in [0.5, 0.6) is 11.5 Å². The van der Waals surface area contributed by atoms with Crippen molar-refractivity contribution in [2.24, 2.45) is 0 Å². The van der Waals surface area contributed by atoms with Gasteiger partial charge in [0, 0.05) is 13.0 Å². The summed E-state index contributed by atoms with van der Waals surface area (Å²) in [6, 6.07) is 17.7. The highest BCUT2D eigenvalue weighted by Gasteiger charge is 2.12. The van der Waals surface area contributed by atoms with Gasteiger partial charge in [0.1, 0.15) is 12.4 Å². The fourth-order valence-corrected chi connectivity index (χ4v) is 2.68. The number of nitriles is 1. The van der Waals surface area contributed by atoms with Gasteiger partial charge in [-0.15, -0.1) is 0 Å². The first kappa shape index (κ1) is 15.9. The predicted octanol–water partition coefficient (Wildman–Crippen LogP) is 3.93. The lowest BCUT2D eigenvalue weighted by Crippen LogP contribution is -2.08. The number of hydrogen-bond donors (Lipinski definition) is 0. The summed E-state index contributed by atoms with van der Waals surface area (Å²) in [4.78, 5) is 4.68. The summed E-state index contributed by atoms with van der Waals surface area (Å²) >= 11 is 0. The van der Waals surface area contributed by atoms with E-state index in [4.69, 9.17) is 14.7 Å². The Hall–Kier alpha value is -3.00. The van der Waals surface area contributed by atoms with Crippen molar-refractivity contribution in [2.45, 2.75) is 26.0 Å². The van der Waals surface area contributed by atoms with Gasteiger partial charge in [-0.25, -0.2) is 4.98 Å². The average molecular weight is 321 g/mol. The van der Waals surface area contributed by atoms with Crippen molar-refractivity contribution in [2.75, 3.05) is 7.11 Å². The van der Waals surface area contributed by atoms with Crippen LogP contribution in [0.1, 0.15) is 18.7 Å². The lowest BCUT2D eigenvalue weighted by atomic mass is 10.3. The van der Waals surface area contributed by atoms with E-state index < -0.39 is 0 Å². The number of rotatable bonds is 7. The molecule has 0 fully saturated rings. The summed E-state index contributed by atoms with van der Waals surface area (Å²) in [5.41, 5.74) is 2.00. The van der Waals surface area contributed by atoms with E-state index >= 15 is 0 Å². The Bertz CT molecular complexity index is 864. The van der Waals surface area contributed by atoms with Crippen LogP contribution in [0, 0.1) is 11.3 Å². The maximum Gasteiger partial charge on any atom is 0.161 e. The molecule has 3 aromatic rings. The summed E-state index contributed by atoms with van der Waals surface area (Å²) in [6.45, 7) is 1.10. The molecule has 0 spiro atoms. The molecule has 0 saturated carbocycles. The number of benzene rings is 2. The fraction of sp³-hybridized carbons (Fsp3) is 0.263. The highest BCUT2D eigenvalue weighted by Crippen LogP contribution is 2.27. The minimum atomic E-state index is 0.349. The Morgan fingerprint density at radius 1 is 1.08 bits per heavy atom. The van der Waals surface area contributed by atoms with E-state index in [1.54, 1.807) is 7.11 Å². The van der Waals surface area contributed by atoms with Crippen molar-refractivity contribution in [3.05, 3.63) is 54.4 Å². The van der Waals surface area contributed by atoms with E-state index in [0.29, 0.717) is 24.5 Å². The smallest absolute Gasteiger partial charge is 0.161 e. The second-order valence-corrected chi connectivity index (χ2v) is 5.37. The summed E-state index contributed by atoms with van der Waals surface area (Å²) in [6.07, 6.45) is 1.32. The first-order chi connectivity index (χ1) is 11.8. The number of para-hydroxylation sites is 4. The summed E-state index contributed by atoms with van der Waals surface area (Å²) in [5, 5.41) is 8.77. The molecule has 0 saturated heterocycles. The van der Waals surface area contributed by atoms with Crippen LogP contribution in [-0.2, 0) is 13.2 Å². The van der Waals surface area contributed by atoms with E-state index in [0.717, 1.165) is 29.8 Å². The SMILES string of the molecule is COc1ccccc1OCc1nc2ccccc2n1CCCC#N. The van der Waals surface area contributed by atoms with Crippen LogP contribution < -0.4 is 9.47 Å². The fourth-order valence-electron chi connectivity index (χ4n) is 2.68. The molecule has 2 aromatic carbocycles. The lowest BCUT2D eigenvalue weighted by molar-refractivity contribution is 0.271. The second kappa shape index (κ2) is 7.51. The molecule has 122 valence electrons. The molecule has 0 bridgehead atoms. The van der Waals surface area contributed by atoms with Gasteiger partial charge in [-0.3, -0.25) is 0 Å². The number of hydrogen-bond acceptors (Lipinski definition) is 4. The number of aryl methyl sites for hydroxylation is 1. The third kappa shape index (κ3) is 3.33. The van der Waals surface area contributed by atoms with Crippen LogP contribution in [0.25, 0.3) is 11.0 Å². The first-order valence-corrected chi connectivity index (χ1v) is 7.90. The summed E-state index contributed by atoms with van der Waals surface area (Å²) < 4.78 is 13.4. The van der Waals surface area contributed by atoms with Crippen molar-refractivity contribution in [1.82, 2.24) is 9.55 Å². The highest BCUT2D eigenvalue weighted by molar-refractivity contribution is 5.75. The monoisotopic (exact) mass is 321 g/mol. The molecule has 24 heavy (non-hydrogen) atoms. The minimum absolute atomic E-state index is 0.349. The number of methoxy groups -OCH3 is 1. The van der Waals surface area contributed by atoms with E-state index in [-0.39, 0.29) is 0 Å². The van der Waals surface area contributed by atoms with Crippen LogP contribution in [0.4, 0.5) is 0 Å². The van der Waals surface area contributed by atoms with Gasteiger partial charge in [-0.2, -0.15) is 5.26 Å². The molecule has 0 amide bonds. The summed E-state index contributed by atoms with van der Waals surface area (Å²) in [5.74, 6) is 2.24. The van der Waals surface area contributed by atoms with Crippen molar-refractivity contribution in [3.63, 3.8) is 0 Å². The van der Waals surface area contributed by atoms with Crippen LogP contribution in [-0.4, -0.2) is 16.7 Å². The number of aromatic nitrogens is 2. The highest BCUT2D eigenvalue weighted by atomic mass is 16.5. The Balaban J connectivity index is 1.85. The molecule has 5 nitrogen and oxygen atoms in total. The van der Waals surface area contributed by atoms with E-state index in [9.17, 15) is 0 Å². The van der Waals surface area contributed by atoms with E-state index in [1.165, 1.54) is 0 Å². The zero-order valence-corrected chi connectivity index (χ0v) is 13.6. The van der Waals surface area contributed by atoms with Crippen molar-refractivity contribution >= 4 is 11.0 Å². The van der Waals surface area contributed by atoms with Gasteiger partial charge < -0.3 is 14.0 Å². The molecule has 3 rings (SSSR count). The van der Waals surface area contributed by atoms with Gasteiger partial charge in [-0.05, 0) is 30.7 Å². The molecule has 0 aliphatic heterocycles. The molecule has 1 aromatic heterocycles. The maximum atomic E-state index is 8.77. The maximum absolute atomic E-state index is 8.77. The third-order valence-corrected chi connectivity index (χ3v) is 3.83. The Morgan fingerprint density at radius 3 is 2.62 bits per heavy atom. The van der Waals surface area contributed by atoms with Crippen molar-refractivity contribution in [1.29, 1.82) is 5.26 Å². The normalized spacial score (nSPS) is 10.5. The minimum Gasteiger partial charge on any atom is -0.493 e. The number of imidazole rings is 1. The predicted molar refractivity (Wildman–Crippen MR) is 91.9 cm³/mol. The topological polar surface area (TPSA) is 60.1 Å². The zero-order chi connectivity index (χ0) is 16.8. The molecule has 1 heterocycles. The lowest BCUT2D eigenvalue weighted by Gasteiger charge is -2.12. The van der Waals surface area contributed by atoms with Gasteiger partial charge in [0.05, 0.1) is 24.2 Å². The molecule has 5 heteroatoms. The molecule has 0 unspecified atom stereocenters. The van der Waals surface area contributed by atoms with E-state index in [2.05, 4.69) is 15.6 Å². The zero-order valence-electron chi connectivity index (χ0n) is 13.6. The van der Waals surface area contributed by atoms with Crippen LogP contribution in [0.3, 0.4) is 0 Å². The van der Waals surface area contributed by atoms with Gasteiger partial charge in [0.15, 0.2) is 11.5 Å². The first-order valence-electron chi connectivity index (χ1n) is 7.90. The number of nitrogens with zero attached hydrogens (tertiary/aromatic N) is 3. The molecular weight excluding hydrogens is 302 g/mol. The number of unbranched alkanes of at least 4 members (excludes halogenated alkanes) is 1. The molecule has 0 radical (unpaired) electrons. The molecule has 0 atom stereocenters. The standard InChI is InChI=1S/C19H19N3O2/c1-23-17-10-4-5-11-18(17)24-14-19-21-15-8-2-3-9-16(15)22(19)13-7-6-12-20/h2-5,8-11H,6-7,13-14H2,1H3. The van der Waals surface area contributed by atoms with Gasteiger partial charge in [-0.1, -0.05) is 24.3 Å². The molecular formula is C19H19N3O2. The number of fused-ring (bicyclic) bond motifs is 1. The molecule has 0 aliphatic rings. The van der Waals surface area contributed by atoms with Gasteiger partial charge in [0.2, 0.25) is 0 Å².